The zero-order chi connectivity index (χ0) is 23.1. The monoisotopic (exact) mass is 439 g/mol. The second-order valence-corrected chi connectivity index (χ2v) is 8.09. The van der Waals surface area contributed by atoms with E-state index in [1.807, 2.05) is 12.1 Å². The number of carbonyl (C=O) groups is 3. The Bertz CT molecular complexity index is 955. The molecule has 32 heavy (non-hydrogen) atoms. The predicted molar refractivity (Wildman–Crippen MR) is 119 cm³/mol. The highest BCUT2D eigenvalue weighted by Crippen LogP contribution is 2.33. The number of benzene rings is 1. The number of nitrogens with zero attached hydrogens (tertiary/aromatic N) is 1. The minimum absolute atomic E-state index is 0.0423. The van der Waals surface area contributed by atoms with Crippen LogP contribution in [0, 0.1) is 0 Å². The minimum Gasteiger partial charge on any atom is -0.504 e. The normalized spacial score (nSPS) is 15.9. The van der Waals surface area contributed by atoms with E-state index in [9.17, 15) is 19.5 Å². The van der Waals surface area contributed by atoms with Crippen LogP contribution in [0.15, 0.2) is 36.5 Å². The maximum absolute atomic E-state index is 12.5. The van der Waals surface area contributed by atoms with Crippen molar-refractivity contribution in [2.45, 2.75) is 64.0 Å². The van der Waals surface area contributed by atoms with E-state index in [1.165, 1.54) is 56.9 Å². The second kappa shape index (κ2) is 10.7. The van der Waals surface area contributed by atoms with E-state index < -0.39 is 29.8 Å². The molecule has 1 heterocycles. The lowest BCUT2D eigenvalue weighted by atomic mass is 9.84. The third-order valence-corrected chi connectivity index (χ3v) is 5.83. The van der Waals surface area contributed by atoms with Crippen molar-refractivity contribution in [2.24, 2.45) is 0 Å². The van der Waals surface area contributed by atoms with Crippen molar-refractivity contribution in [1.82, 2.24) is 10.3 Å². The Hall–Kier alpha value is -3.42. The van der Waals surface area contributed by atoms with Gasteiger partial charge in [0, 0.05) is 6.20 Å². The Morgan fingerprint density at radius 3 is 2.47 bits per heavy atom. The van der Waals surface area contributed by atoms with Crippen LogP contribution in [0.5, 0.6) is 5.75 Å². The van der Waals surface area contributed by atoms with Gasteiger partial charge < -0.3 is 20.5 Å². The van der Waals surface area contributed by atoms with Crippen molar-refractivity contribution in [2.75, 3.05) is 5.32 Å². The molecule has 3 N–H and O–H groups in total. The number of anilines is 1. The van der Waals surface area contributed by atoms with Crippen LogP contribution < -0.4 is 10.6 Å². The maximum atomic E-state index is 12.5. The van der Waals surface area contributed by atoms with Gasteiger partial charge in [-0.05, 0) is 49.8 Å². The number of nitrogens with one attached hydrogen (secondary N) is 2. The number of pyridine rings is 1. The van der Waals surface area contributed by atoms with Gasteiger partial charge in [-0.1, -0.05) is 43.5 Å². The molecule has 2 amide bonds. The number of rotatable bonds is 8. The average molecular weight is 440 g/mol. The molecular formula is C24H29N3O5. The molecule has 2 aromatic rings. The zero-order valence-corrected chi connectivity index (χ0v) is 18.3. The van der Waals surface area contributed by atoms with Gasteiger partial charge in [0.15, 0.2) is 11.4 Å². The molecule has 1 aromatic heterocycles. The van der Waals surface area contributed by atoms with E-state index in [0.29, 0.717) is 12.3 Å². The van der Waals surface area contributed by atoms with E-state index in [1.54, 1.807) is 6.92 Å². The standard InChI is InChI=1S/C24H29N3O5/c1-15(27-23(30)21-22(29)20(26-14-28)12-13-25-21)24(31)32-16(2)17-8-10-19(11-9-17)18-6-4-3-5-7-18/h8-16,18,29H,3-7H2,1-2H3,(H,27,30)(H,25,26,28). The molecule has 0 aliphatic heterocycles. The first-order valence-electron chi connectivity index (χ1n) is 10.9. The third-order valence-electron chi connectivity index (χ3n) is 5.83. The fourth-order valence-corrected chi connectivity index (χ4v) is 3.94. The van der Waals surface area contributed by atoms with Crippen LogP contribution in [0.4, 0.5) is 5.69 Å². The van der Waals surface area contributed by atoms with Gasteiger partial charge in [-0.3, -0.25) is 9.59 Å². The molecule has 2 atom stereocenters. The topological polar surface area (TPSA) is 118 Å². The van der Waals surface area contributed by atoms with Crippen LogP contribution in [-0.2, 0) is 14.3 Å². The Labute approximate surface area is 187 Å². The van der Waals surface area contributed by atoms with Crippen molar-refractivity contribution in [3.8, 4) is 5.75 Å². The Morgan fingerprint density at radius 2 is 1.81 bits per heavy atom. The summed E-state index contributed by atoms with van der Waals surface area (Å²) < 4.78 is 5.52. The minimum atomic E-state index is -0.963. The van der Waals surface area contributed by atoms with Crippen molar-refractivity contribution in [3.05, 3.63) is 53.3 Å². The molecule has 0 spiro atoms. The summed E-state index contributed by atoms with van der Waals surface area (Å²) in [5.41, 5.74) is 1.94. The summed E-state index contributed by atoms with van der Waals surface area (Å²) in [7, 11) is 0. The number of aromatic hydroxyl groups is 1. The maximum Gasteiger partial charge on any atom is 0.328 e. The van der Waals surface area contributed by atoms with Crippen molar-refractivity contribution in [1.29, 1.82) is 0 Å². The predicted octanol–water partition coefficient (Wildman–Crippen LogP) is 3.83. The van der Waals surface area contributed by atoms with E-state index in [0.717, 1.165) is 5.56 Å². The quantitative estimate of drug-likeness (QED) is 0.425. The summed E-state index contributed by atoms with van der Waals surface area (Å²) in [6.45, 7) is 3.27. The molecule has 2 unspecified atom stereocenters. The van der Waals surface area contributed by atoms with Crippen LogP contribution >= 0.6 is 0 Å². The molecule has 1 aliphatic carbocycles. The Kier molecular flexibility index (Phi) is 7.81. The summed E-state index contributed by atoms with van der Waals surface area (Å²) in [6.07, 6.45) is 7.47. The molecule has 1 aliphatic rings. The smallest absolute Gasteiger partial charge is 0.328 e. The highest BCUT2D eigenvalue weighted by Gasteiger charge is 2.24. The molecule has 170 valence electrons. The molecule has 0 bridgehead atoms. The lowest BCUT2D eigenvalue weighted by molar-refractivity contribution is -0.150. The van der Waals surface area contributed by atoms with Gasteiger partial charge in [-0.25, -0.2) is 9.78 Å². The molecule has 0 saturated heterocycles. The molecule has 1 fully saturated rings. The zero-order valence-electron chi connectivity index (χ0n) is 18.3. The number of hydrogen-bond donors (Lipinski definition) is 3. The van der Waals surface area contributed by atoms with E-state index in [-0.39, 0.29) is 11.4 Å². The summed E-state index contributed by atoms with van der Waals surface area (Å²) in [4.78, 5) is 39.3. The number of hydrogen-bond acceptors (Lipinski definition) is 6. The molecule has 3 rings (SSSR count). The number of amides is 2. The molecule has 0 radical (unpaired) electrons. The van der Waals surface area contributed by atoms with Gasteiger partial charge in [-0.15, -0.1) is 0 Å². The summed E-state index contributed by atoms with van der Waals surface area (Å²) in [6, 6.07) is 8.57. The molecule has 8 nitrogen and oxygen atoms in total. The van der Waals surface area contributed by atoms with E-state index >= 15 is 0 Å². The summed E-state index contributed by atoms with van der Waals surface area (Å²) >= 11 is 0. The first-order valence-corrected chi connectivity index (χ1v) is 10.9. The Balaban J connectivity index is 1.57. The third kappa shape index (κ3) is 5.63. The highest BCUT2D eigenvalue weighted by atomic mass is 16.5. The largest absolute Gasteiger partial charge is 0.504 e. The fraction of sp³-hybridized carbons (Fsp3) is 0.417. The van der Waals surface area contributed by atoms with Gasteiger partial charge in [0.05, 0.1) is 5.69 Å². The van der Waals surface area contributed by atoms with Crippen molar-refractivity contribution < 1.29 is 24.2 Å². The van der Waals surface area contributed by atoms with Gasteiger partial charge in [0.25, 0.3) is 5.91 Å². The number of esters is 1. The highest BCUT2D eigenvalue weighted by molar-refractivity contribution is 5.99. The van der Waals surface area contributed by atoms with Crippen molar-refractivity contribution >= 4 is 24.0 Å². The summed E-state index contributed by atoms with van der Waals surface area (Å²) in [5.74, 6) is -1.24. The van der Waals surface area contributed by atoms with Crippen LogP contribution in [0.1, 0.15) is 79.6 Å². The SMILES string of the molecule is CC(NC(=O)c1nccc(NC=O)c1O)C(=O)OC(C)c1ccc(C2CCCCC2)cc1. The van der Waals surface area contributed by atoms with Crippen LogP contribution in [0.25, 0.3) is 0 Å². The Morgan fingerprint density at radius 1 is 1.12 bits per heavy atom. The average Bonchev–Trinajstić information content (AvgIpc) is 2.81. The van der Waals surface area contributed by atoms with Crippen LogP contribution in [0.2, 0.25) is 0 Å². The van der Waals surface area contributed by atoms with Crippen LogP contribution in [0.3, 0.4) is 0 Å². The first kappa shape index (κ1) is 23.2. The lowest BCUT2D eigenvalue weighted by Crippen LogP contribution is -2.40. The van der Waals surface area contributed by atoms with E-state index in [4.69, 9.17) is 4.74 Å². The van der Waals surface area contributed by atoms with Gasteiger partial charge in [0.1, 0.15) is 12.1 Å². The number of carbonyl (C=O) groups excluding carboxylic acids is 3. The van der Waals surface area contributed by atoms with Crippen LogP contribution in [-0.4, -0.2) is 34.4 Å². The molecule has 1 saturated carbocycles. The summed E-state index contributed by atoms with van der Waals surface area (Å²) in [5, 5.41) is 14.8. The first-order chi connectivity index (χ1) is 15.4. The second-order valence-electron chi connectivity index (χ2n) is 8.09. The number of aromatic nitrogens is 1. The molecule has 1 aromatic carbocycles. The van der Waals surface area contributed by atoms with E-state index in [2.05, 4.69) is 27.8 Å². The number of ether oxygens (including phenoxy) is 1. The fourth-order valence-electron chi connectivity index (χ4n) is 3.94. The van der Waals surface area contributed by atoms with Gasteiger partial charge >= 0.3 is 5.97 Å². The van der Waals surface area contributed by atoms with Crippen molar-refractivity contribution in [3.63, 3.8) is 0 Å². The molecule has 8 heteroatoms. The van der Waals surface area contributed by atoms with Gasteiger partial charge in [0.2, 0.25) is 6.41 Å². The lowest BCUT2D eigenvalue weighted by Gasteiger charge is -2.23. The molecular weight excluding hydrogens is 410 g/mol. The van der Waals surface area contributed by atoms with Gasteiger partial charge in [-0.2, -0.15) is 0 Å².